The maximum atomic E-state index is 13.3. The van der Waals surface area contributed by atoms with Crippen LogP contribution in [0.4, 0.5) is 5.69 Å². The maximum absolute atomic E-state index is 13.3. The summed E-state index contributed by atoms with van der Waals surface area (Å²) < 4.78 is 24.2. The molecule has 0 saturated carbocycles. The van der Waals surface area contributed by atoms with E-state index in [-0.39, 0.29) is 16.4 Å². The van der Waals surface area contributed by atoms with Crippen LogP contribution in [0, 0.1) is 0 Å². The van der Waals surface area contributed by atoms with Gasteiger partial charge in [0.05, 0.1) is 10.5 Å². The minimum absolute atomic E-state index is 0.0379. The third-order valence-electron chi connectivity index (χ3n) is 4.37. The topological polar surface area (TPSA) is 83.6 Å². The van der Waals surface area contributed by atoms with Gasteiger partial charge < -0.3 is 5.32 Å². The zero-order valence-corrected chi connectivity index (χ0v) is 15.4. The number of para-hydroxylation sites is 1. The van der Waals surface area contributed by atoms with Gasteiger partial charge in [0.1, 0.15) is 6.04 Å². The van der Waals surface area contributed by atoms with Crippen LogP contribution in [0.15, 0.2) is 53.4 Å². The number of amides is 2. The first kappa shape index (κ1) is 18.1. The number of carbonyl (C=O) groups excluding carboxylic acids is 2. The van der Waals surface area contributed by atoms with Crippen LogP contribution in [0.3, 0.4) is 0 Å². The van der Waals surface area contributed by atoms with Crippen molar-refractivity contribution in [2.24, 2.45) is 0 Å². The average molecular weight is 372 g/mol. The van der Waals surface area contributed by atoms with Crippen LogP contribution in [0.5, 0.6) is 0 Å². The molecule has 1 aliphatic rings. The molecule has 0 radical (unpaired) electrons. The zero-order valence-electron chi connectivity index (χ0n) is 14.6. The summed E-state index contributed by atoms with van der Waals surface area (Å²) in [6.07, 6.45) is 1.47. The van der Waals surface area contributed by atoms with Crippen LogP contribution in [-0.4, -0.2) is 39.1 Å². The number of hydrogen-bond acceptors (Lipinski definition) is 4. The van der Waals surface area contributed by atoms with Crippen molar-refractivity contribution < 1.29 is 18.0 Å². The van der Waals surface area contributed by atoms with Gasteiger partial charge in [-0.1, -0.05) is 30.3 Å². The summed E-state index contributed by atoms with van der Waals surface area (Å²) in [5.41, 5.74) is 1.59. The number of nitrogens with zero attached hydrogens (tertiary/aromatic N) is 1. The maximum Gasteiger partial charge on any atom is 0.260 e. The average Bonchev–Trinajstić information content (AvgIpc) is 3.00. The van der Waals surface area contributed by atoms with Crippen molar-refractivity contribution in [3.8, 4) is 0 Å². The van der Waals surface area contributed by atoms with Gasteiger partial charge in [-0.2, -0.15) is 0 Å². The minimum atomic E-state index is -3.58. The normalized spacial score (nSPS) is 16.2. The predicted molar refractivity (Wildman–Crippen MR) is 99.0 cm³/mol. The van der Waals surface area contributed by atoms with Crippen molar-refractivity contribution in [2.45, 2.75) is 24.3 Å². The van der Waals surface area contributed by atoms with E-state index in [0.717, 1.165) is 11.8 Å². The molecule has 136 valence electrons. The van der Waals surface area contributed by atoms with E-state index in [4.69, 9.17) is 0 Å². The molecule has 1 atom stereocenters. The second kappa shape index (κ2) is 6.92. The number of hydrogen-bond donors (Lipinski definition) is 1. The molecule has 2 aromatic rings. The third-order valence-corrected chi connectivity index (χ3v) is 5.52. The van der Waals surface area contributed by atoms with Crippen molar-refractivity contribution in [3.05, 3.63) is 59.7 Å². The Morgan fingerprint density at radius 1 is 1.12 bits per heavy atom. The summed E-state index contributed by atoms with van der Waals surface area (Å²) >= 11 is 0. The summed E-state index contributed by atoms with van der Waals surface area (Å²) in [4.78, 5) is 27.2. The van der Waals surface area contributed by atoms with E-state index in [1.807, 2.05) is 19.1 Å². The second-order valence-electron chi connectivity index (χ2n) is 6.19. The van der Waals surface area contributed by atoms with Crippen LogP contribution in [0.25, 0.3) is 0 Å². The van der Waals surface area contributed by atoms with E-state index in [0.29, 0.717) is 18.7 Å². The Morgan fingerprint density at radius 2 is 1.77 bits per heavy atom. The number of rotatable bonds is 4. The van der Waals surface area contributed by atoms with Gasteiger partial charge in [-0.05, 0) is 30.7 Å². The number of fused-ring (bicyclic) bond motifs is 1. The first-order valence-corrected chi connectivity index (χ1v) is 10.2. The summed E-state index contributed by atoms with van der Waals surface area (Å²) in [6, 6.07) is 12.7. The number of nitrogens with one attached hydrogen (secondary N) is 1. The van der Waals surface area contributed by atoms with E-state index >= 15 is 0 Å². The lowest BCUT2D eigenvalue weighted by Gasteiger charge is -2.25. The molecule has 0 bridgehead atoms. The van der Waals surface area contributed by atoms with Gasteiger partial charge in [0, 0.05) is 24.9 Å². The smallest absolute Gasteiger partial charge is 0.260 e. The van der Waals surface area contributed by atoms with E-state index in [1.54, 1.807) is 24.3 Å². The van der Waals surface area contributed by atoms with E-state index < -0.39 is 21.8 Å². The van der Waals surface area contributed by atoms with Gasteiger partial charge >= 0.3 is 0 Å². The number of sulfone groups is 1. The Kier molecular flexibility index (Phi) is 4.82. The number of carbonyl (C=O) groups is 2. The van der Waals surface area contributed by atoms with Crippen LogP contribution in [0.2, 0.25) is 0 Å². The molecule has 0 fully saturated rings. The molecule has 2 aromatic carbocycles. The molecule has 2 amide bonds. The summed E-state index contributed by atoms with van der Waals surface area (Å²) in [5, 5.41) is 2.75. The minimum Gasteiger partial charge on any atom is -0.355 e. The van der Waals surface area contributed by atoms with Crippen LogP contribution >= 0.6 is 0 Å². The second-order valence-corrected chi connectivity index (χ2v) is 8.17. The molecule has 6 nitrogen and oxygen atoms in total. The molecule has 0 saturated heterocycles. The highest BCUT2D eigenvalue weighted by Crippen LogP contribution is 2.34. The summed E-state index contributed by atoms with van der Waals surface area (Å²) in [7, 11) is -3.58. The quantitative estimate of drug-likeness (QED) is 0.887. The van der Waals surface area contributed by atoms with Crippen molar-refractivity contribution in [1.29, 1.82) is 0 Å². The zero-order chi connectivity index (χ0) is 18.9. The molecule has 26 heavy (non-hydrogen) atoms. The number of benzene rings is 2. The van der Waals surface area contributed by atoms with Crippen molar-refractivity contribution in [3.63, 3.8) is 0 Å². The van der Waals surface area contributed by atoms with E-state index in [9.17, 15) is 18.0 Å². The highest BCUT2D eigenvalue weighted by atomic mass is 32.2. The lowest BCUT2D eigenvalue weighted by molar-refractivity contribution is -0.122. The fourth-order valence-electron chi connectivity index (χ4n) is 3.24. The molecule has 0 aromatic heterocycles. The highest BCUT2D eigenvalue weighted by Gasteiger charge is 2.39. The molecule has 0 aliphatic carbocycles. The Bertz CT molecular complexity index is 969. The molecule has 1 N–H and O–H groups in total. The van der Waals surface area contributed by atoms with Crippen molar-refractivity contribution in [2.75, 3.05) is 17.7 Å². The molecule has 3 rings (SSSR count). The van der Waals surface area contributed by atoms with Gasteiger partial charge in [0.25, 0.3) is 5.91 Å². The van der Waals surface area contributed by atoms with Gasteiger partial charge in [0.15, 0.2) is 9.84 Å². The first-order chi connectivity index (χ1) is 12.3. The van der Waals surface area contributed by atoms with Crippen LogP contribution < -0.4 is 10.2 Å². The van der Waals surface area contributed by atoms with Gasteiger partial charge in [-0.15, -0.1) is 0 Å². The number of anilines is 1. The SMILES string of the molecule is CCNC(=O)C1Cc2ccccc2N1C(=O)c1ccccc1S(C)(=O)=O. The largest absolute Gasteiger partial charge is 0.355 e. The lowest BCUT2D eigenvalue weighted by Crippen LogP contribution is -2.48. The molecule has 1 aliphatic heterocycles. The van der Waals surface area contributed by atoms with Crippen LogP contribution in [-0.2, 0) is 21.1 Å². The van der Waals surface area contributed by atoms with Crippen LogP contribution in [0.1, 0.15) is 22.8 Å². The highest BCUT2D eigenvalue weighted by molar-refractivity contribution is 7.90. The Balaban J connectivity index is 2.11. The predicted octanol–water partition coefficient (Wildman–Crippen LogP) is 1.80. The first-order valence-electron chi connectivity index (χ1n) is 8.33. The van der Waals surface area contributed by atoms with Gasteiger partial charge in [-0.25, -0.2) is 8.42 Å². The molecule has 1 unspecified atom stereocenters. The molecule has 7 heteroatoms. The van der Waals surface area contributed by atoms with Gasteiger partial charge in [-0.3, -0.25) is 14.5 Å². The standard InChI is InChI=1S/C19H20N2O4S/c1-3-20-18(22)16-12-13-8-4-6-10-15(13)21(16)19(23)14-9-5-7-11-17(14)26(2,24)25/h4-11,16H,3,12H2,1-2H3,(H,20,22). The van der Waals surface area contributed by atoms with Crippen molar-refractivity contribution >= 4 is 27.3 Å². The monoisotopic (exact) mass is 372 g/mol. The Morgan fingerprint density at radius 3 is 2.46 bits per heavy atom. The Hall–Kier alpha value is -2.67. The summed E-state index contributed by atoms with van der Waals surface area (Å²) in [5.74, 6) is -0.749. The van der Waals surface area contributed by atoms with Crippen molar-refractivity contribution in [1.82, 2.24) is 5.32 Å². The third kappa shape index (κ3) is 3.22. The molecular formula is C19H20N2O4S. The number of likely N-dealkylation sites (N-methyl/N-ethyl adjacent to an activating group) is 1. The summed E-state index contributed by atoms with van der Waals surface area (Å²) in [6.45, 7) is 2.26. The van der Waals surface area contributed by atoms with E-state index in [2.05, 4.69) is 5.32 Å². The fourth-order valence-corrected chi connectivity index (χ4v) is 4.12. The van der Waals surface area contributed by atoms with E-state index in [1.165, 1.54) is 17.0 Å². The molecule has 1 heterocycles. The Labute approximate surface area is 152 Å². The van der Waals surface area contributed by atoms with Gasteiger partial charge in [0.2, 0.25) is 5.91 Å². The fraction of sp³-hybridized carbons (Fsp3) is 0.263. The molecular weight excluding hydrogens is 352 g/mol. The molecule has 0 spiro atoms. The lowest BCUT2D eigenvalue weighted by atomic mass is 10.1.